The van der Waals surface area contributed by atoms with Gasteiger partial charge in [-0.3, -0.25) is 9.59 Å². The van der Waals surface area contributed by atoms with E-state index >= 15 is 0 Å². The third-order valence-electron chi connectivity index (χ3n) is 4.48. The maximum absolute atomic E-state index is 12.7. The second kappa shape index (κ2) is 7.97. The van der Waals surface area contributed by atoms with E-state index in [1.54, 1.807) is 0 Å². The van der Waals surface area contributed by atoms with Crippen molar-refractivity contribution in [3.63, 3.8) is 0 Å². The van der Waals surface area contributed by atoms with Gasteiger partial charge in [-0.25, -0.2) is 0 Å². The highest BCUT2D eigenvalue weighted by Gasteiger charge is 2.27. The molecule has 0 saturated carbocycles. The van der Waals surface area contributed by atoms with Crippen molar-refractivity contribution in [1.82, 2.24) is 4.90 Å². The van der Waals surface area contributed by atoms with E-state index in [1.165, 1.54) is 5.56 Å². The highest BCUT2D eigenvalue weighted by molar-refractivity contribution is 5.79. The van der Waals surface area contributed by atoms with Gasteiger partial charge in [0.1, 0.15) is 0 Å². The number of nitrogens with zero attached hydrogens (tertiary/aromatic N) is 1. The Morgan fingerprint density at radius 1 is 1.23 bits per heavy atom. The summed E-state index contributed by atoms with van der Waals surface area (Å²) in [6, 6.07) is 8.16. The summed E-state index contributed by atoms with van der Waals surface area (Å²) in [6.07, 6.45) is 5.08. The molecule has 1 N–H and O–H groups in total. The number of aliphatic carboxylic acids is 1. The van der Waals surface area contributed by atoms with Gasteiger partial charge in [-0.1, -0.05) is 31.2 Å². The molecule has 0 aliphatic carbocycles. The zero-order chi connectivity index (χ0) is 15.9. The number of rotatable bonds is 6. The Morgan fingerprint density at radius 2 is 1.95 bits per heavy atom. The zero-order valence-electron chi connectivity index (χ0n) is 13.3. The predicted octanol–water partition coefficient (Wildman–Crippen LogP) is 3.04. The number of piperidine rings is 1. The fraction of sp³-hybridized carbons (Fsp3) is 0.556. The van der Waals surface area contributed by atoms with Crippen molar-refractivity contribution in [2.24, 2.45) is 0 Å². The highest BCUT2D eigenvalue weighted by Crippen LogP contribution is 2.22. The minimum atomic E-state index is -0.783. The second-order valence-corrected chi connectivity index (χ2v) is 5.97. The third-order valence-corrected chi connectivity index (χ3v) is 4.48. The molecule has 1 aliphatic heterocycles. The fourth-order valence-corrected chi connectivity index (χ4v) is 3.26. The van der Waals surface area contributed by atoms with Gasteiger partial charge in [-0.2, -0.15) is 0 Å². The standard InChI is InChI=1S/C18H25NO3/c1-2-14-7-3-4-8-15(14)13-17(20)19-12-6-5-9-16(19)10-11-18(21)22/h3-4,7-8,16H,2,5-6,9-13H2,1H3,(H,21,22). The van der Waals surface area contributed by atoms with Gasteiger partial charge < -0.3 is 10.0 Å². The van der Waals surface area contributed by atoms with E-state index in [4.69, 9.17) is 5.11 Å². The van der Waals surface area contributed by atoms with E-state index in [0.29, 0.717) is 12.8 Å². The molecule has 1 aromatic carbocycles. The van der Waals surface area contributed by atoms with Crippen molar-refractivity contribution in [2.45, 2.75) is 57.9 Å². The SMILES string of the molecule is CCc1ccccc1CC(=O)N1CCCCC1CCC(=O)O. The van der Waals surface area contributed by atoms with Gasteiger partial charge in [-0.15, -0.1) is 0 Å². The number of carbonyl (C=O) groups is 2. The molecule has 1 saturated heterocycles. The molecule has 0 aromatic heterocycles. The van der Waals surface area contributed by atoms with Crippen LogP contribution in [0.4, 0.5) is 0 Å². The second-order valence-electron chi connectivity index (χ2n) is 5.97. The Morgan fingerprint density at radius 3 is 2.64 bits per heavy atom. The maximum Gasteiger partial charge on any atom is 0.303 e. The molecule has 4 heteroatoms. The van der Waals surface area contributed by atoms with Crippen molar-refractivity contribution in [3.05, 3.63) is 35.4 Å². The molecule has 0 spiro atoms. The molecule has 120 valence electrons. The molecular formula is C18H25NO3. The maximum atomic E-state index is 12.7. The number of benzene rings is 1. The number of hydrogen-bond donors (Lipinski definition) is 1. The summed E-state index contributed by atoms with van der Waals surface area (Å²) >= 11 is 0. The summed E-state index contributed by atoms with van der Waals surface area (Å²) in [5.41, 5.74) is 2.31. The van der Waals surface area contributed by atoms with Crippen LogP contribution in [0.3, 0.4) is 0 Å². The fourth-order valence-electron chi connectivity index (χ4n) is 3.26. The Labute approximate surface area is 132 Å². The molecule has 1 aromatic rings. The third kappa shape index (κ3) is 4.33. The van der Waals surface area contributed by atoms with Gasteiger partial charge >= 0.3 is 5.97 Å². The number of likely N-dealkylation sites (tertiary alicyclic amines) is 1. The summed E-state index contributed by atoms with van der Waals surface area (Å²) in [4.78, 5) is 25.4. The minimum absolute atomic E-state index is 0.0890. The largest absolute Gasteiger partial charge is 0.481 e. The molecule has 1 atom stereocenters. The molecular weight excluding hydrogens is 278 g/mol. The van der Waals surface area contributed by atoms with Crippen LogP contribution in [0.25, 0.3) is 0 Å². The van der Waals surface area contributed by atoms with Crippen molar-refractivity contribution >= 4 is 11.9 Å². The van der Waals surface area contributed by atoms with Gasteiger partial charge in [0.2, 0.25) is 5.91 Å². The van der Waals surface area contributed by atoms with Gasteiger partial charge in [-0.05, 0) is 43.2 Å². The van der Waals surface area contributed by atoms with E-state index in [9.17, 15) is 9.59 Å². The number of carbonyl (C=O) groups excluding carboxylic acids is 1. The van der Waals surface area contributed by atoms with Crippen molar-refractivity contribution < 1.29 is 14.7 Å². The number of hydrogen-bond acceptors (Lipinski definition) is 2. The summed E-state index contributed by atoms with van der Waals surface area (Å²) < 4.78 is 0. The molecule has 0 bridgehead atoms. The molecule has 1 amide bonds. The van der Waals surface area contributed by atoms with Crippen LogP contribution in [0.1, 0.15) is 50.2 Å². The van der Waals surface area contributed by atoms with Crippen molar-refractivity contribution in [1.29, 1.82) is 0 Å². The summed E-state index contributed by atoms with van der Waals surface area (Å²) in [5, 5.41) is 8.87. The van der Waals surface area contributed by atoms with Crippen molar-refractivity contribution in [2.75, 3.05) is 6.54 Å². The first-order valence-corrected chi connectivity index (χ1v) is 8.20. The van der Waals surface area contributed by atoms with Gasteiger partial charge in [0.05, 0.1) is 6.42 Å². The average Bonchev–Trinajstić information content (AvgIpc) is 2.53. The molecule has 0 radical (unpaired) electrons. The van der Waals surface area contributed by atoms with Crippen LogP contribution in [-0.2, 0) is 22.4 Å². The topological polar surface area (TPSA) is 57.6 Å². The molecule has 1 unspecified atom stereocenters. The average molecular weight is 303 g/mol. The highest BCUT2D eigenvalue weighted by atomic mass is 16.4. The lowest BCUT2D eigenvalue weighted by atomic mass is 9.96. The lowest BCUT2D eigenvalue weighted by Crippen LogP contribution is -2.44. The Bertz CT molecular complexity index is 527. The smallest absolute Gasteiger partial charge is 0.303 e. The number of carboxylic acids is 1. The molecule has 4 nitrogen and oxygen atoms in total. The molecule has 1 aliphatic rings. The van der Waals surface area contributed by atoms with Crippen LogP contribution in [0.15, 0.2) is 24.3 Å². The summed E-state index contributed by atoms with van der Waals surface area (Å²) in [5.74, 6) is -0.648. The van der Waals surface area contributed by atoms with Crippen LogP contribution in [0.5, 0.6) is 0 Å². The molecule has 22 heavy (non-hydrogen) atoms. The normalized spacial score (nSPS) is 18.2. The number of amides is 1. The lowest BCUT2D eigenvalue weighted by molar-refractivity contribution is -0.139. The Kier molecular flexibility index (Phi) is 5.99. The number of aryl methyl sites for hydroxylation is 1. The van der Waals surface area contributed by atoms with Gasteiger partial charge in [0, 0.05) is 19.0 Å². The summed E-state index contributed by atoms with van der Waals surface area (Å²) in [7, 11) is 0. The first-order chi connectivity index (χ1) is 10.6. The molecule has 1 heterocycles. The van der Waals surface area contributed by atoms with Crippen LogP contribution < -0.4 is 0 Å². The van der Waals surface area contributed by atoms with Gasteiger partial charge in [0.15, 0.2) is 0 Å². The van der Waals surface area contributed by atoms with Gasteiger partial charge in [0.25, 0.3) is 0 Å². The first kappa shape index (κ1) is 16.5. The van der Waals surface area contributed by atoms with Crippen LogP contribution in [0, 0.1) is 0 Å². The molecule has 2 rings (SSSR count). The Balaban J connectivity index is 2.03. The number of carboxylic acid groups (broad SMARTS) is 1. The lowest BCUT2D eigenvalue weighted by Gasteiger charge is -2.36. The zero-order valence-corrected chi connectivity index (χ0v) is 13.3. The van der Waals surface area contributed by atoms with E-state index in [-0.39, 0.29) is 18.4 Å². The van der Waals surface area contributed by atoms with Crippen molar-refractivity contribution in [3.8, 4) is 0 Å². The first-order valence-electron chi connectivity index (χ1n) is 8.20. The minimum Gasteiger partial charge on any atom is -0.481 e. The quantitative estimate of drug-likeness (QED) is 0.878. The van der Waals surface area contributed by atoms with E-state index in [1.807, 2.05) is 23.1 Å². The van der Waals surface area contributed by atoms with E-state index < -0.39 is 5.97 Å². The molecule has 1 fully saturated rings. The Hall–Kier alpha value is -1.84. The van der Waals surface area contributed by atoms with E-state index in [2.05, 4.69) is 13.0 Å². The predicted molar refractivity (Wildman–Crippen MR) is 85.7 cm³/mol. The van der Waals surface area contributed by atoms with Crippen LogP contribution in [-0.4, -0.2) is 34.5 Å². The van der Waals surface area contributed by atoms with Crippen LogP contribution in [0.2, 0.25) is 0 Å². The van der Waals surface area contributed by atoms with E-state index in [0.717, 1.165) is 37.8 Å². The monoisotopic (exact) mass is 303 g/mol. The summed E-state index contributed by atoms with van der Waals surface area (Å²) in [6.45, 7) is 2.86. The van der Waals surface area contributed by atoms with Crippen LogP contribution >= 0.6 is 0 Å².